The highest BCUT2D eigenvalue weighted by atomic mass is 79.9. The third kappa shape index (κ3) is 1.16. The van der Waals surface area contributed by atoms with Crippen molar-refractivity contribution in [2.45, 2.75) is 0 Å². The average Bonchev–Trinajstić information content (AvgIpc) is 2.44. The molecule has 2 rings (SSSR count). The zero-order valence-corrected chi connectivity index (χ0v) is 8.45. The van der Waals surface area contributed by atoms with E-state index >= 15 is 0 Å². The lowest BCUT2D eigenvalue weighted by Crippen LogP contribution is -1.88. The molecule has 0 spiro atoms. The first-order chi connectivity index (χ1) is 6.24. The van der Waals surface area contributed by atoms with Crippen LogP contribution in [0.3, 0.4) is 0 Å². The lowest BCUT2D eigenvalue weighted by molar-refractivity contribution is 0.112. The molecule has 0 amide bonds. The van der Waals surface area contributed by atoms with Crippen LogP contribution >= 0.6 is 15.9 Å². The zero-order valence-electron chi connectivity index (χ0n) is 6.86. The predicted molar refractivity (Wildman–Crippen MR) is 51.6 cm³/mol. The number of nitrogens with zero attached hydrogens (tertiary/aromatic N) is 3. The summed E-state index contributed by atoms with van der Waals surface area (Å²) < 4.78 is 2.52. The lowest BCUT2D eigenvalue weighted by Gasteiger charge is -1.95. The van der Waals surface area contributed by atoms with Gasteiger partial charge in [0.2, 0.25) is 0 Å². The molecule has 0 saturated carbocycles. The molecule has 0 fully saturated rings. The zero-order chi connectivity index (χ0) is 9.42. The monoisotopic (exact) mass is 239 g/mol. The molecule has 66 valence electrons. The van der Waals surface area contributed by atoms with Crippen molar-refractivity contribution in [3.8, 4) is 0 Å². The number of aromatic nitrogens is 3. The van der Waals surface area contributed by atoms with E-state index in [9.17, 15) is 4.79 Å². The summed E-state index contributed by atoms with van der Waals surface area (Å²) in [6.07, 6.45) is 3.96. The molecule has 0 aliphatic rings. The molecule has 0 bridgehead atoms. The van der Waals surface area contributed by atoms with E-state index in [1.54, 1.807) is 6.20 Å². The van der Waals surface area contributed by atoms with E-state index in [4.69, 9.17) is 0 Å². The van der Waals surface area contributed by atoms with Gasteiger partial charge in [-0.05, 0) is 15.9 Å². The molecular formula is C8H6BrN3O. The van der Waals surface area contributed by atoms with Gasteiger partial charge in [0.1, 0.15) is 22.0 Å². The third-order valence-electron chi connectivity index (χ3n) is 1.86. The third-order valence-corrected chi connectivity index (χ3v) is 2.44. The number of rotatable bonds is 1. The summed E-state index contributed by atoms with van der Waals surface area (Å²) in [4.78, 5) is 18.7. The van der Waals surface area contributed by atoms with Crippen LogP contribution in [0.2, 0.25) is 0 Å². The maximum Gasteiger partial charge on any atom is 0.153 e. The number of carbonyl (C=O) groups excluding carboxylic acids is 1. The van der Waals surface area contributed by atoms with Gasteiger partial charge in [-0.2, -0.15) is 0 Å². The number of hydrogen-bond acceptors (Lipinski definition) is 3. The number of fused-ring (bicyclic) bond motifs is 1. The number of aldehydes is 1. The minimum atomic E-state index is 0.584. The van der Waals surface area contributed by atoms with Crippen molar-refractivity contribution in [3.63, 3.8) is 0 Å². The summed E-state index contributed by atoms with van der Waals surface area (Å²) in [5, 5.41) is 0. The highest BCUT2D eigenvalue weighted by Crippen LogP contribution is 2.22. The smallest absolute Gasteiger partial charge is 0.153 e. The molecule has 0 saturated heterocycles. The van der Waals surface area contributed by atoms with Crippen molar-refractivity contribution in [1.29, 1.82) is 0 Å². The number of carbonyl (C=O) groups is 1. The van der Waals surface area contributed by atoms with Gasteiger partial charge in [-0.1, -0.05) is 0 Å². The maximum atomic E-state index is 10.7. The van der Waals surface area contributed by atoms with Crippen LogP contribution in [0.4, 0.5) is 0 Å². The molecule has 2 aromatic heterocycles. The molecule has 0 N–H and O–H groups in total. The predicted octanol–water partition coefficient (Wildman–Crippen LogP) is 1.54. The van der Waals surface area contributed by atoms with Gasteiger partial charge in [0.05, 0.1) is 5.56 Å². The van der Waals surface area contributed by atoms with Gasteiger partial charge >= 0.3 is 0 Å². The van der Waals surface area contributed by atoms with E-state index in [-0.39, 0.29) is 0 Å². The average molecular weight is 240 g/mol. The van der Waals surface area contributed by atoms with Crippen LogP contribution in [-0.4, -0.2) is 20.8 Å². The Balaban J connectivity index is 2.95. The molecule has 0 unspecified atom stereocenters. The fraction of sp³-hybridized carbons (Fsp3) is 0.125. The Bertz CT molecular complexity index is 477. The van der Waals surface area contributed by atoms with Crippen molar-refractivity contribution >= 4 is 33.2 Å². The standard InChI is InChI=1S/C8H6BrN3O/c1-12-2-5(3-13)6-7(12)8(9)11-4-10-6/h2-4H,1H3. The summed E-state index contributed by atoms with van der Waals surface area (Å²) in [7, 11) is 1.85. The molecule has 2 aromatic rings. The van der Waals surface area contributed by atoms with Crippen molar-refractivity contribution in [2.24, 2.45) is 7.05 Å². The minimum absolute atomic E-state index is 0.584. The van der Waals surface area contributed by atoms with Crippen LogP contribution in [0, 0.1) is 0 Å². The maximum absolute atomic E-state index is 10.7. The number of aryl methyl sites for hydroxylation is 1. The highest BCUT2D eigenvalue weighted by Gasteiger charge is 2.09. The second kappa shape index (κ2) is 2.92. The van der Waals surface area contributed by atoms with Crippen molar-refractivity contribution < 1.29 is 4.79 Å². The second-order valence-corrected chi connectivity index (χ2v) is 3.43. The van der Waals surface area contributed by atoms with E-state index in [1.165, 1.54) is 6.33 Å². The van der Waals surface area contributed by atoms with Crippen LogP contribution < -0.4 is 0 Å². The normalized spacial score (nSPS) is 10.6. The van der Waals surface area contributed by atoms with Gasteiger partial charge < -0.3 is 4.57 Å². The number of halogens is 1. The molecule has 0 aliphatic carbocycles. The molecule has 4 nitrogen and oxygen atoms in total. The number of hydrogen-bond donors (Lipinski definition) is 0. The lowest BCUT2D eigenvalue weighted by atomic mass is 10.3. The Morgan fingerprint density at radius 1 is 1.54 bits per heavy atom. The summed E-state index contributed by atoms with van der Waals surface area (Å²) in [6.45, 7) is 0. The summed E-state index contributed by atoms with van der Waals surface area (Å²) in [5.41, 5.74) is 2.10. The van der Waals surface area contributed by atoms with Crippen molar-refractivity contribution in [2.75, 3.05) is 0 Å². The first kappa shape index (κ1) is 8.37. The Morgan fingerprint density at radius 3 is 3.00 bits per heavy atom. The van der Waals surface area contributed by atoms with E-state index < -0.39 is 0 Å². The van der Waals surface area contributed by atoms with Gasteiger partial charge in [0, 0.05) is 13.2 Å². The van der Waals surface area contributed by atoms with E-state index in [0.717, 1.165) is 11.8 Å². The van der Waals surface area contributed by atoms with Gasteiger partial charge in [-0.3, -0.25) is 4.79 Å². The van der Waals surface area contributed by atoms with Crippen molar-refractivity contribution in [1.82, 2.24) is 14.5 Å². The Morgan fingerprint density at radius 2 is 2.31 bits per heavy atom. The summed E-state index contributed by atoms with van der Waals surface area (Å²) in [5.74, 6) is 0. The molecule has 5 heteroatoms. The quantitative estimate of drug-likeness (QED) is 0.561. The summed E-state index contributed by atoms with van der Waals surface area (Å²) in [6, 6.07) is 0. The van der Waals surface area contributed by atoms with Crippen LogP contribution in [0.1, 0.15) is 10.4 Å². The molecule has 0 aliphatic heterocycles. The molecule has 13 heavy (non-hydrogen) atoms. The fourth-order valence-electron chi connectivity index (χ4n) is 1.30. The van der Waals surface area contributed by atoms with Crippen LogP contribution in [-0.2, 0) is 7.05 Å². The van der Waals surface area contributed by atoms with Gasteiger partial charge in [0.25, 0.3) is 0 Å². The topological polar surface area (TPSA) is 47.8 Å². The Hall–Kier alpha value is -1.23. The van der Waals surface area contributed by atoms with Gasteiger partial charge in [0.15, 0.2) is 6.29 Å². The molecule has 0 aromatic carbocycles. The largest absolute Gasteiger partial charge is 0.346 e. The van der Waals surface area contributed by atoms with Crippen LogP contribution in [0.15, 0.2) is 17.1 Å². The molecule has 0 radical (unpaired) electrons. The van der Waals surface area contributed by atoms with E-state index in [1.807, 2.05) is 11.6 Å². The van der Waals surface area contributed by atoms with E-state index in [0.29, 0.717) is 15.7 Å². The van der Waals surface area contributed by atoms with E-state index in [2.05, 4.69) is 25.9 Å². The fourth-order valence-corrected chi connectivity index (χ4v) is 1.86. The minimum Gasteiger partial charge on any atom is -0.346 e. The van der Waals surface area contributed by atoms with Crippen molar-refractivity contribution in [3.05, 3.63) is 22.7 Å². The molecule has 0 atom stereocenters. The van der Waals surface area contributed by atoms with Gasteiger partial charge in [-0.15, -0.1) is 0 Å². The molecule has 2 heterocycles. The SMILES string of the molecule is Cn1cc(C=O)c2ncnc(Br)c21. The summed E-state index contributed by atoms with van der Waals surface area (Å²) >= 11 is 3.30. The highest BCUT2D eigenvalue weighted by molar-refractivity contribution is 9.10. The van der Waals surface area contributed by atoms with Gasteiger partial charge in [-0.25, -0.2) is 9.97 Å². The molecular weight excluding hydrogens is 234 g/mol. The first-order valence-corrected chi connectivity index (χ1v) is 4.44. The second-order valence-electron chi connectivity index (χ2n) is 2.67. The first-order valence-electron chi connectivity index (χ1n) is 3.64. The van der Waals surface area contributed by atoms with Crippen LogP contribution in [0.25, 0.3) is 11.0 Å². The Labute approximate surface area is 82.7 Å². The van der Waals surface area contributed by atoms with Crippen LogP contribution in [0.5, 0.6) is 0 Å². The Kier molecular flexibility index (Phi) is 1.88.